The molecule has 1 aliphatic rings. The summed E-state index contributed by atoms with van der Waals surface area (Å²) in [5.74, 6) is -0.699. The van der Waals surface area contributed by atoms with Gasteiger partial charge < -0.3 is 0 Å². The van der Waals surface area contributed by atoms with Crippen LogP contribution >= 0.6 is 23.1 Å². The van der Waals surface area contributed by atoms with Crippen molar-refractivity contribution >= 4 is 45.4 Å². The molecule has 2 heterocycles. The standard InChI is InChI=1S/C26H23FN4O2S2/c1-16-9-11-19(12-10-16)31-25(33)23-20-7-2-3-8-21(20)35-24(23)29-26(31)34-15-22(32)30-28-14-17-5-4-6-18(27)13-17/h4-6,9-14H,2-3,7-8,15H2,1H3,(H,30,32)/b28-14-. The largest absolute Gasteiger partial charge is 0.272 e. The van der Waals surface area contributed by atoms with Crippen LogP contribution in [0.3, 0.4) is 0 Å². The first-order chi connectivity index (χ1) is 17.0. The van der Waals surface area contributed by atoms with E-state index in [0.29, 0.717) is 16.1 Å². The zero-order valence-electron chi connectivity index (χ0n) is 19.1. The first-order valence-electron chi connectivity index (χ1n) is 11.3. The molecule has 0 spiro atoms. The van der Waals surface area contributed by atoms with E-state index in [9.17, 15) is 14.0 Å². The van der Waals surface area contributed by atoms with Crippen molar-refractivity contribution in [2.75, 3.05) is 5.75 Å². The minimum Gasteiger partial charge on any atom is -0.272 e. The molecule has 6 nitrogen and oxygen atoms in total. The summed E-state index contributed by atoms with van der Waals surface area (Å²) < 4.78 is 14.9. The highest BCUT2D eigenvalue weighted by atomic mass is 32.2. The molecule has 1 N–H and O–H groups in total. The molecule has 1 amide bonds. The van der Waals surface area contributed by atoms with Gasteiger partial charge in [0.15, 0.2) is 5.16 Å². The molecular weight excluding hydrogens is 483 g/mol. The van der Waals surface area contributed by atoms with Crippen LogP contribution in [-0.2, 0) is 17.6 Å². The van der Waals surface area contributed by atoms with Crippen LogP contribution in [0.4, 0.5) is 4.39 Å². The van der Waals surface area contributed by atoms with E-state index in [4.69, 9.17) is 4.98 Å². The van der Waals surface area contributed by atoms with E-state index in [1.807, 2.05) is 31.2 Å². The van der Waals surface area contributed by atoms with Gasteiger partial charge in [0.2, 0.25) is 0 Å². The number of thioether (sulfide) groups is 1. The van der Waals surface area contributed by atoms with Gasteiger partial charge in [0, 0.05) is 4.88 Å². The average molecular weight is 507 g/mol. The SMILES string of the molecule is Cc1ccc(-n2c(SCC(=O)N/N=C\c3cccc(F)c3)nc3sc4c(c3c2=O)CCCC4)cc1. The maximum absolute atomic E-state index is 13.7. The summed E-state index contributed by atoms with van der Waals surface area (Å²) in [6.07, 6.45) is 5.47. The van der Waals surface area contributed by atoms with Crippen LogP contribution in [0, 0.1) is 12.7 Å². The van der Waals surface area contributed by atoms with E-state index in [1.54, 1.807) is 28.0 Å². The Labute approximate surface area is 209 Å². The van der Waals surface area contributed by atoms with Crippen molar-refractivity contribution in [1.29, 1.82) is 0 Å². The van der Waals surface area contributed by atoms with Gasteiger partial charge in [-0.05, 0) is 68.0 Å². The molecule has 178 valence electrons. The number of carbonyl (C=O) groups excluding carboxylic acids is 1. The molecule has 9 heteroatoms. The minimum absolute atomic E-state index is 0.0232. The lowest BCUT2D eigenvalue weighted by Crippen LogP contribution is -2.24. The van der Waals surface area contributed by atoms with E-state index in [1.165, 1.54) is 35.0 Å². The molecule has 0 saturated heterocycles. The van der Waals surface area contributed by atoms with Crippen molar-refractivity contribution in [3.63, 3.8) is 0 Å². The lowest BCUT2D eigenvalue weighted by atomic mass is 9.97. The van der Waals surface area contributed by atoms with Crippen LogP contribution in [0.5, 0.6) is 0 Å². The number of fused-ring (bicyclic) bond motifs is 3. The predicted octanol–water partition coefficient (Wildman–Crippen LogP) is 5.02. The molecule has 0 fully saturated rings. The second kappa shape index (κ2) is 10.1. The summed E-state index contributed by atoms with van der Waals surface area (Å²) >= 11 is 2.78. The summed E-state index contributed by atoms with van der Waals surface area (Å²) in [5, 5.41) is 5.08. The summed E-state index contributed by atoms with van der Waals surface area (Å²) in [7, 11) is 0. The van der Waals surface area contributed by atoms with Gasteiger partial charge in [-0.1, -0.05) is 41.6 Å². The first kappa shape index (κ1) is 23.4. The number of hydrogen-bond acceptors (Lipinski definition) is 6. The van der Waals surface area contributed by atoms with Crippen LogP contribution in [0.25, 0.3) is 15.9 Å². The van der Waals surface area contributed by atoms with Crippen molar-refractivity contribution in [1.82, 2.24) is 15.0 Å². The fourth-order valence-corrected chi connectivity index (χ4v) is 6.24. The molecule has 35 heavy (non-hydrogen) atoms. The molecule has 2 aromatic carbocycles. The van der Waals surface area contributed by atoms with Crippen LogP contribution in [0.2, 0.25) is 0 Å². The van der Waals surface area contributed by atoms with Gasteiger partial charge in [-0.15, -0.1) is 11.3 Å². The fourth-order valence-electron chi connectivity index (χ4n) is 4.13. The van der Waals surface area contributed by atoms with Crippen LogP contribution < -0.4 is 11.0 Å². The molecule has 2 aromatic heterocycles. The number of nitrogens with one attached hydrogen (secondary N) is 1. The molecule has 0 radical (unpaired) electrons. The zero-order chi connectivity index (χ0) is 24.4. The average Bonchev–Trinajstić information content (AvgIpc) is 3.22. The normalized spacial score (nSPS) is 13.3. The van der Waals surface area contributed by atoms with E-state index in [-0.39, 0.29) is 23.0 Å². The number of thiophene rings is 1. The van der Waals surface area contributed by atoms with E-state index >= 15 is 0 Å². The Bertz CT molecular complexity index is 1490. The molecule has 0 saturated carbocycles. The number of carbonyl (C=O) groups is 1. The summed E-state index contributed by atoms with van der Waals surface area (Å²) in [5.41, 5.74) is 5.85. The lowest BCUT2D eigenvalue weighted by Gasteiger charge is -2.13. The maximum atomic E-state index is 13.7. The number of aromatic nitrogens is 2. The monoisotopic (exact) mass is 506 g/mol. The third kappa shape index (κ3) is 5.06. The van der Waals surface area contributed by atoms with E-state index in [0.717, 1.165) is 47.3 Å². The summed E-state index contributed by atoms with van der Waals surface area (Å²) in [4.78, 5) is 33.0. The molecular formula is C26H23FN4O2S2. The molecule has 0 unspecified atom stereocenters. The molecule has 0 aliphatic heterocycles. The number of amides is 1. The summed E-state index contributed by atoms with van der Waals surface area (Å²) in [6.45, 7) is 1.99. The number of hydrogen-bond donors (Lipinski definition) is 1. The van der Waals surface area contributed by atoms with Gasteiger partial charge in [-0.3, -0.25) is 14.2 Å². The number of halogens is 1. The maximum Gasteiger partial charge on any atom is 0.267 e. The first-order valence-corrected chi connectivity index (χ1v) is 13.1. The molecule has 4 aromatic rings. The molecule has 0 bridgehead atoms. The van der Waals surface area contributed by atoms with Crippen molar-refractivity contribution in [2.24, 2.45) is 5.10 Å². The second-order valence-electron chi connectivity index (χ2n) is 8.40. The Morgan fingerprint density at radius 3 is 2.83 bits per heavy atom. The van der Waals surface area contributed by atoms with Gasteiger partial charge in [-0.25, -0.2) is 14.8 Å². The Balaban J connectivity index is 1.43. The van der Waals surface area contributed by atoms with Crippen molar-refractivity contribution < 1.29 is 9.18 Å². The zero-order valence-corrected chi connectivity index (χ0v) is 20.7. The van der Waals surface area contributed by atoms with Crippen molar-refractivity contribution in [2.45, 2.75) is 37.8 Å². The van der Waals surface area contributed by atoms with Gasteiger partial charge in [0.05, 0.1) is 23.0 Å². The number of aryl methyl sites for hydroxylation is 3. The van der Waals surface area contributed by atoms with Crippen LogP contribution in [-0.4, -0.2) is 27.4 Å². The van der Waals surface area contributed by atoms with E-state index in [2.05, 4.69) is 10.5 Å². The second-order valence-corrected chi connectivity index (χ2v) is 10.4. The topological polar surface area (TPSA) is 76.3 Å². The Kier molecular flexibility index (Phi) is 6.79. The van der Waals surface area contributed by atoms with Gasteiger partial charge in [-0.2, -0.15) is 5.10 Å². The predicted molar refractivity (Wildman–Crippen MR) is 139 cm³/mol. The highest BCUT2D eigenvalue weighted by molar-refractivity contribution is 7.99. The van der Waals surface area contributed by atoms with Gasteiger partial charge in [0.25, 0.3) is 11.5 Å². The number of hydrazone groups is 1. The van der Waals surface area contributed by atoms with Crippen molar-refractivity contribution in [3.8, 4) is 5.69 Å². The van der Waals surface area contributed by atoms with Crippen molar-refractivity contribution in [3.05, 3.63) is 86.3 Å². The highest BCUT2D eigenvalue weighted by Crippen LogP contribution is 2.35. The van der Waals surface area contributed by atoms with E-state index < -0.39 is 0 Å². The third-order valence-electron chi connectivity index (χ3n) is 5.83. The lowest BCUT2D eigenvalue weighted by molar-refractivity contribution is -0.118. The van der Waals surface area contributed by atoms with Gasteiger partial charge in [0.1, 0.15) is 10.6 Å². The highest BCUT2D eigenvalue weighted by Gasteiger charge is 2.23. The quantitative estimate of drug-likeness (QED) is 0.173. The smallest absolute Gasteiger partial charge is 0.267 e. The number of nitrogens with zero attached hydrogens (tertiary/aromatic N) is 3. The van der Waals surface area contributed by atoms with Gasteiger partial charge >= 0.3 is 0 Å². The number of rotatable bonds is 6. The molecule has 1 aliphatic carbocycles. The Morgan fingerprint density at radius 1 is 1.23 bits per heavy atom. The number of benzene rings is 2. The third-order valence-corrected chi connectivity index (χ3v) is 7.96. The molecule has 0 atom stereocenters. The van der Waals surface area contributed by atoms with Crippen LogP contribution in [0.1, 0.15) is 34.4 Å². The Morgan fingerprint density at radius 2 is 2.03 bits per heavy atom. The minimum atomic E-state index is -0.373. The summed E-state index contributed by atoms with van der Waals surface area (Å²) in [6, 6.07) is 13.6. The fraction of sp³-hybridized carbons (Fsp3) is 0.231. The Hall–Kier alpha value is -3.30. The van der Waals surface area contributed by atoms with Crippen LogP contribution in [0.15, 0.2) is 63.6 Å². The molecule has 5 rings (SSSR count).